The highest BCUT2D eigenvalue weighted by Gasteiger charge is 2.09. The van der Waals surface area contributed by atoms with Gasteiger partial charge < -0.3 is 5.32 Å². The van der Waals surface area contributed by atoms with Crippen molar-refractivity contribution in [2.45, 2.75) is 33.1 Å². The lowest BCUT2D eigenvalue weighted by atomic mass is 10.1. The zero-order valence-electron chi connectivity index (χ0n) is 11.4. The molecule has 0 aliphatic rings. The monoisotopic (exact) mass is 274 g/mol. The molecule has 0 bridgehead atoms. The van der Waals surface area contributed by atoms with E-state index in [0.29, 0.717) is 17.5 Å². The van der Waals surface area contributed by atoms with Crippen molar-refractivity contribution in [1.82, 2.24) is 4.98 Å². The normalized spacial score (nSPS) is 10.7. The molecule has 0 spiro atoms. The van der Waals surface area contributed by atoms with Crippen LogP contribution in [-0.4, -0.2) is 10.9 Å². The number of carbonyl (C=O) groups is 1. The Kier molecular flexibility index (Phi) is 4.32. The average Bonchev–Trinajstić information content (AvgIpc) is 2.80. The maximum absolute atomic E-state index is 11.9. The number of thiazole rings is 1. The van der Waals surface area contributed by atoms with Crippen LogP contribution in [0.1, 0.15) is 35.8 Å². The van der Waals surface area contributed by atoms with Crippen molar-refractivity contribution in [3.63, 3.8) is 0 Å². The fourth-order valence-electron chi connectivity index (χ4n) is 1.67. The predicted octanol–water partition coefficient (Wildman–Crippen LogP) is 3.76. The molecule has 0 aliphatic carbocycles. The third kappa shape index (κ3) is 3.89. The molecule has 2 rings (SSSR count). The summed E-state index contributed by atoms with van der Waals surface area (Å²) in [5, 5.41) is 3.53. The SMILES string of the molecule is Cc1ccc(CC(=O)Nc2ncc(C(C)C)s2)cc1. The molecule has 2 aromatic rings. The summed E-state index contributed by atoms with van der Waals surface area (Å²) >= 11 is 1.54. The third-order valence-electron chi connectivity index (χ3n) is 2.82. The van der Waals surface area contributed by atoms with Crippen molar-refractivity contribution >= 4 is 22.4 Å². The summed E-state index contributed by atoms with van der Waals surface area (Å²) in [5.74, 6) is 0.425. The van der Waals surface area contributed by atoms with Crippen LogP contribution in [0, 0.1) is 6.92 Å². The van der Waals surface area contributed by atoms with E-state index in [2.05, 4.69) is 24.1 Å². The number of anilines is 1. The lowest BCUT2D eigenvalue weighted by Gasteiger charge is -2.02. The van der Waals surface area contributed by atoms with E-state index in [-0.39, 0.29) is 5.91 Å². The van der Waals surface area contributed by atoms with Crippen LogP contribution in [0.25, 0.3) is 0 Å². The summed E-state index contributed by atoms with van der Waals surface area (Å²) in [6.07, 6.45) is 2.22. The van der Waals surface area contributed by atoms with Gasteiger partial charge in [-0.15, -0.1) is 11.3 Å². The van der Waals surface area contributed by atoms with Gasteiger partial charge >= 0.3 is 0 Å². The van der Waals surface area contributed by atoms with E-state index in [1.165, 1.54) is 21.8 Å². The van der Waals surface area contributed by atoms with Crippen molar-refractivity contribution in [2.75, 3.05) is 5.32 Å². The Morgan fingerprint density at radius 1 is 1.32 bits per heavy atom. The van der Waals surface area contributed by atoms with Crippen LogP contribution in [-0.2, 0) is 11.2 Å². The Balaban J connectivity index is 1.95. The molecule has 1 heterocycles. The van der Waals surface area contributed by atoms with Crippen molar-refractivity contribution in [3.8, 4) is 0 Å². The van der Waals surface area contributed by atoms with Gasteiger partial charge in [-0.1, -0.05) is 43.7 Å². The zero-order valence-corrected chi connectivity index (χ0v) is 12.3. The molecule has 0 fully saturated rings. The topological polar surface area (TPSA) is 42.0 Å². The zero-order chi connectivity index (χ0) is 13.8. The maximum Gasteiger partial charge on any atom is 0.230 e. The largest absolute Gasteiger partial charge is 0.302 e. The summed E-state index contributed by atoms with van der Waals surface area (Å²) in [4.78, 5) is 17.3. The number of nitrogens with one attached hydrogen (secondary N) is 1. The number of rotatable bonds is 4. The molecular formula is C15H18N2OS. The lowest BCUT2D eigenvalue weighted by Crippen LogP contribution is -2.14. The number of aryl methyl sites for hydroxylation is 1. The van der Waals surface area contributed by atoms with Gasteiger partial charge in [-0.2, -0.15) is 0 Å². The third-order valence-corrected chi connectivity index (χ3v) is 4.04. The molecule has 0 saturated heterocycles. The van der Waals surface area contributed by atoms with Gasteiger partial charge in [0.05, 0.1) is 6.42 Å². The standard InChI is InChI=1S/C15H18N2OS/c1-10(2)13-9-16-15(19-13)17-14(18)8-12-6-4-11(3)5-7-12/h4-7,9-10H,8H2,1-3H3,(H,16,17,18). The molecule has 1 aromatic carbocycles. The van der Waals surface area contributed by atoms with E-state index >= 15 is 0 Å². The molecule has 0 unspecified atom stereocenters. The first-order valence-corrected chi connectivity index (χ1v) is 7.17. The van der Waals surface area contributed by atoms with Gasteiger partial charge in [0.2, 0.25) is 5.91 Å². The first kappa shape index (κ1) is 13.7. The minimum Gasteiger partial charge on any atom is -0.302 e. The number of hydrogen-bond acceptors (Lipinski definition) is 3. The predicted molar refractivity (Wildman–Crippen MR) is 79.7 cm³/mol. The second-order valence-electron chi connectivity index (χ2n) is 4.93. The molecule has 4 heteroatoms. The number of nitrogens with zero attached hydrogens (tertiary/aromatic N) is 1. The van der Waals surface area contributed by atoms with Crippen molar-refractivity contribution in [1.29, 1.82) is 0 Å². The molecule has 100 valence electrons. The minimum atomic E-state index is -0.0199. The molecule has 0 radical (unpaired) electrons. The number of aromatic nitrogens is 1. The molecule has 19 heavy (non-hydrogen) atoms. The van der Waals surface area contributed by atoms with Crippen LogP contribution >= 0.6 is 11.3 Å². The van der Waals surface area contributed by atoms with E-state index in [4.69, 9.17) is 0 Å². The van der Waals surface area contributed by atoms with Gasteiger partial charge in [0.15, 0.2) is 5.13 Å². The van der Waals surface area contributed by atoms with Crippen LogP contribution in [0.4, 0.5) is 5.13 Å². The lowest BCUT2D eigenvalue weighted by molar-refractivity contribution is -0.115. The maximum atomic E-state index is 11.9. The van der Waals surface area contributed by atoms with E-state index in [1.54, 1.807) is 0 Å². The Morgan fingerprint density at radius 3 is 2.58 bits per heavy atom. The van der Waals surface area contributed by atoms with Gasteiger partial charge in [0.25, 0.3) is 0 Å². The number of amides is 1. The summed E-state index contributed by atoms with van der Waals surface area (Å²) in [7, 11) is 0. The van der Waals surface area contributed by atoms with E-state index in [9.17, 15) is 4.79 Å². The summed E-state index contributed by atoms with van der Waals surface area (Å²) in [5.41, 5.74) is 2.22. The van der Waals surface area contributed by atoms with Crippen molar-refractivity contribution < 1.29 is 4.79 Å². The molecule has 0 saturated carbocycles. The molecule has 1 N–H and O–H groups in total. The second-order valence-corrected chi connectivity index (χ2v) is 6.00. The molecule has 1 amide bonds. The number of hydrogen-bond donors (Lipinski definition) is 1. The van der Waals surface area contributed by atoms with Gasteiger partial charge in [0, 0.05) is 11.1 Å². The Bertz CT molecular complexity index is 558. The summed E-state index contributed by atoms with van der Waals surface area (Å²) in [6.45, 7) is 6.27. The van der Waals surface area contributed by atoms with E-state index in [1.807, 2.05) is 37.4 Å². The second kappa shape index (κ2) is 5.97. The van der Waals surface area contributed by atoms with Crippen LogP contribution in [0.3, 0.4) is 0 Å². The van der Waals surface area contributed by atoms with E-state index < -0.39 is 0 Å². The highest BCUT2D eigenvalue weighted by Crippen LogP contribution is 2.25. The van der Waals surface area contributed by atoms with Gasteiger partial charge in [0.1, 0.15) is 0 Å². The van der Waals surface area contributed by atoms with Crippen LogP contribution < -0.4 is 5.32 Å². The minimum absolute atomic E-state index is 0.0199. The average molecular weight is 274 g/mol. The van der Waals surface area contributed by atoms with Crippen LogP contribution in [0.5, 0.6) is 0 Å². The number of carbonyl (C=O) groups excluding carboxylic acids is 1. The Morgan fingerprint density at radius 2 is 2.00 bits per heavy atom. The molecular weight excluding hydrogens is 256 g/mol. The van der Waals surface area contributed by atoms with E-state index in [0.717, 1.165) is 5.56 Å². The summed E-state index contributed by atoms with van der Waals surface area (Å²) < 4.78 is 0. The smallest absolute Gasteiger partial charge is 0.230 e. The molecule has 1 aromatic heterocycles. The Hall–Kier alpha value is -1.68. The van der Waals surface area contributed by atoms with Gasteiger partial charge in [-0.3, -0.25) is 4.79 Å². The quantitative estimate of drug-likeness (QED) is 0.922. The van der Waals surface area contributed by atoms with Crippen molar-refractivity contribution in [2.24, 2.45) is 0 Å². The Labute approximate surface area is 117 Å². The summed E-state index contributed by atoms with van der Waals surface area (Å²) in [6, 6.07) is 8.00. The van der Waals surface area contributed by atoms with Crippen LogP contribution in [0.15, 0.2) is 30.5 Å². The molecule has 3 nitrogen and oxygen atoms in total. The molecule has 0 atom stereocenters. The molecule has 0 aliphatic heterocycles. The highest BCUT2D eigenvalue weighted by atomic mass is 32.1. The van der Waals surface area contributed by atoms with Crippen molar-refractivity contribution in [3.05, 3.63) is 46.5 Å². The van der Waals surface area contributed by atoms with Gasteiger partial charge in [-0.25, -0.2) is 4.98 Å². The fourth-order valence-corrected chi connectivity index (χ4v) is 2.50. The van der Waals surface area contributed by atoms with Gasteiger partial charge in [-0.05, 0) is 18.4 Å². The van der Waals surface area contributed by atoms with Crippen LogP contribution in [0.2, 0.25) is 0 Å². The highest BCUT2D eigenvalue weighted by molar-refractivity contribution is 7.15. The number of benzene rings is 1. The first-order chi connectivity index (χ1) is 9.04. The fraction of sp³-hybridized carbons (Fsp3) is 0.333. The first-order valence-electron chi connectivity index (χ1n) is 6.35.